The van der Waals surface area contributed by atoms with Gasteiger partial charge >= 0.3 is 0 Å². The summed E-state index contributed by atoms with van der Waals surface area (Å²) in [6.45, 7) is 3.82. The Morgan fingerprint density at radius 3 is 2.65 bits per heavy atom. The average Bonchev–Trinajstić information content (AvgIpc) is 2.77. The molecule has 0 radical (unpaired) electrons. The van der Waals surface area contributed by atoms with Gasteiger partial charge in [0.15, 0.2) is 5.78 Å². The van der Waals surface area contributed by atoms with Crippen LogP contribution in [0.1, 0.15) is 32.5 Å². The van der Waals surface area contributed by atoms with Crippen LogP contribution in [0, 0.1) is 22.2 Å². The number of carbonyl (C=O) groups excluding carboxylic acids is 1. The molecule has 0 aromatic carbocycles. The van der Waals surface area contributed by atoms with Gasteiger partial charge in [-0.2, -0.15) is 10.4 Å². The van der Waals surface area contributed by atoms with Gasteiger partial charge in [-0.15, -0.1) is 0 Å². The maximum atomic E-state index is 12.3. The minimum Gasteiger partial charge on any atom is -0.297 e. The van der Waals surface area contributed by atoms with Gasteiger partial charge in [0.2, 0.25) is 0 Å². The second kappa shape index (κ2) is 3.66. The fraction of sp³-hybridized carbons (Fsp3) is 0.667. The highest BCUT2D eigenvalue weighted by Crippen LogP contribution is 2.46. The summed E-state index contributed by atoms with van der Waals surface area (Å²) < 4.78 is 1.62. The molecule has 1 fully saturated rings. The normalized spacial score (nSPS) is 27.1. The molecular formula is C12H16N4O. The van der Waals surface area contributed by atoms with Gasteiger partial charge in [0.25, 0.3) is 0 Å². The zero-order chi connectivity index (χ0) is 12.7. The minimum absolute atomic E-state index is 0.0375. The van der Waals surface area contributed by atoms with E-state index in [0.717, 1.165) is 6.42 Å². The number of nitriles is 1. The quantitative estimate of drug-likeness (QED) is 0.769. The van der Waals surface area contributed by atoms with Gasteiger partial charge in [0.1, 0.15) is 17.6 Å². The lowest BCUT2D eigenvalue weighted by molar-refractivity contribution is -0.130. The number of hydrogen-bond donors (Lipinski definition) is 0. The van der Waals surface area contributed by atoms with Crippen LogP contribution >= 0.6 is 0 Å². The van der Waals surface area contributed by atoms with Crippen molar-refractivity contribution in [1.82, 2.24) is 14.8 Å². The summed E-state index contributed by atoms with van der Waals surface area (Å²) in [5.41, 5.74) is -1.31. The van der Waals surface area contributed by atoms with Gasteiger partial charge < -0.3 is 0 Å². The number of Topliss-reactive ketones (excluding diaryl/α,β-unsaturated/α-hetero) is 1. The molecule has 1 heterocycles. The highest BCUT2D eigenvalue weighted by atomic mass is 16.1. The summed E-state index contributed by atoms with van der Waals surface area (Å²) in [4.78, 5) is 16.4. The van der Waals surface area contributed by atoms with E-state index < -0.39 is 10.8 Å². The van der Waals surface area contributed by atoms with Gasteiger partial charge in [-0.25, -0.2) is 4.98 Å². The molecule has 5 heteroatoms. The fourth-order valence-electron chi connectivity index (χ4n) is 2.47. The maximum absolute atomic E-state index is 12.3. The Hall–Kier alpha value is -1.70. The molecule has 1 aromatic heterocycles. The van der Waals surface area contributed by atoms with Crippen molar-refractivity contribution in [1.29, 1.82) is 5.26 Å². The van der Waals surface area contributed by atoms with E-state index in [2.05, 4.69) is 16.2 Å². The molecule has 1 aromatic rings. The monoisotopic (exact) mass is 232 g/mol. The Balaban J connectivity index is 2.33. The molecule has 5 nitrogen and oxygen atoms in total. The molecule has 0 amide bonds. The lowest BCUT2D eigenvalue weighted by atomic mass is 9.78. The first-order chi connectivity index (χ1) is 7.91. The lowest BCUT2D eigenvalue weighted by Gasteiger charge is -2.21. The molecule has 1 aliphatic carbocycles. The van der Waals surface area contributed by atoms with Crippen LogP contribution in [0.15, 0.2) is 6.33 Å². The number of carbonyl (C=O) groups is 1. The van der Waals surface area contributed by atoms with E-state index in [1.807, 2.05) is 13.8 Å². The van der Waals surface area contributed by atoms with E-state index in [1.54, 1.807) is 11.7 Å². The molecule has 0 saturated heterocycles. The van der Waals surface area contributed by atoms with Crippen LogP contribution in [0.25, 0.3) is 0 Å². The SMILES string of the molecule is Cn1ncnc1CC1(C#N)CCC(C)(C)C1=O. The van der Waals surface area contributed by atoms with Crippen molar-refractivity contribution in [3.63, 3.8) is 0 Å². The predicted molar refractivity (Wildman–Crippen MR) is 60.8 cm³/mol. The van der Waals surface area contributed by atoms with Gasteiger partial charge in [-0.3, -0.25) is 9.48 Å². The molecule has 17 heavy (non-hydrogen) atoms. The zero-order valence-corrected chi connectivity index (χ0v) is 10.4. The van der Waals surface area contributed by atoms with Crippen molar-refractivity contribution < 1.29 is 4.79 Å². The average molecular weight is 232 g/mol. The summed E-state index contributed by atoms with van der Waals surface area (Å²) in [5, 5.41) is 13.4. The largest absolute Gasteiger partial charge is 0.297 e. The standard InChI is InChI=1S/C12H16N4O/c1-11(2)4-5-12(7-13,10(11)17)6-9-14-8-15-16(9)3/h8H,4-6H2,1-3H3. The highest BCUT2D eigenvalue weighted by Gasteiger charge is 2.52. The first-order valence-electron chi connectivity index (χ1n) is 5.70. The molecule has 1 saturated carbocycles. The molecule has 1 aliphatic rings. The van der Waals surface area contributed by atoms with Crippen molar-refractivity contribution in [2.45, 2.75) is 33.1 Å². The summed E-state index contributed by atoms with van der Waals surface area (Å²) >= 11 is 0. The Morgan fingerprint density at radius 1 is 1.53 bits per heavy atom. The minimum atomic E-state index is -0.912. The van der Waals surface area contributed by atoms with Crippen molar-refractivity contribution in [2.24, 2.45) is 17.9 Å². The number of nitrogens with zero attached hydrogens (tertiary/aromatic N) is 4. The smallest absolute Gasteiger partial charge is 0.159 e. The first-order valence-corrected chi connectivity index (χ1v) is 5.70. The molecular weight excluding hydrogens is 216 g/mol. The predicted octanol–water partition coefficient (Wildman–Crippen LogP) is 1.26. The number of ketones is 1. The van der Waals surface area contributed by atoms with Crippen LogP contribution in [0.2, 0.25) is 0 Å². The third kappa shape index (κ3) is 1.74. The molecule has 0 aliphatic heterocycles. The van der Waals surface area contributed by atoms with Crippen LogP contribution in [0.4, 0.5) is 0 Å². The van der Waals surface area contributed by atoms with Crippen LogP contribution in [0.3, 0.4) is 0 Å². The lowest BCUT2D eigenvalue weighted by Crippen LogP contribution is -2.33. The summed E-state index contributed by atoms with van der Waals surface area (Å²) in [7, 11) is 1.78. The Kier molecular flexibility index (Phi) is 2.53. The molecule has 1 atom stereocenters. The maximum Gasteiger partial charge on any atom is 0.159 e. The molecule has 90 valence electrons. The molecule has 0 bridgehead atoms. The second-order valence-electron chi connectivity index (χ2n) is 5.38. The third-order valence-corrected chi connectivity index (χ3v) is 3.71. The van der Waals surface area contributed by atoms with E-state index in [4.69, 9.17) is 0 Å². The third-order valence-electron chi connectivity index (χ3n) is 3.71. The highest BCUT2D eigenvalue weighted by molar-refractivity contribution is 5.94. The molecule has 2 rings (SSSR count). The van der Waals surface area contributed by atoms with Gasteiger partial charge in [0, 0.05) is 18.9 Å². The van der Waals surface area contributed by atoms with Crippen molar-refractivity contribution in [3.8, 4) is 6.07 Å². The van der Waals surface area contributed by atoms with Crippen LogP contribution in [0.5, 0.6) is 0 Å². The van der Waals surface area contributed by atoms with Crippen LogP contribution in [-0.4, -0.2) is 20.5 Å². The van der Waals surface area contributed by atoms with Gasteiger partial charge in [-0.1, -0.05) is 13.8 Å². The molecule has 1 unspecified atom stereocenters. The summed E-state index contributed by atoms with van der Waals surface area (Å²) in [6, 6.07) is 2.22. The van der Waals surface area contributed by atoms with Crippen LogP contribution in [-0.2, 0) is 18.3 Å². The van der Waals surface area contributed by atoms with Gasteiger partial charge in [0.05, 0.1) is 6.07 Å². The van der Waals surface area contributed by atoms with E-state index >= 15 is 0 Å². The van der Waals surface area contributed by atoms with E-state index in [9.17, 15) is 10.1 Å². The topological polar surface area (TPSA) is 71.6 Å². The van der Waals surface area contributed by atoms with E-state index in [1.165, 1.54) is 6.33 Å². The first kappa shape index (κ1) is 11.8. The number of aromatic nitrogens is 3. The number of hydrogen-bond acceptors (Lipinski definition) is 4. The Labute approximate surface area is 100 Å². The fourth-order valence-corrected chi connectivity index (χ4v) is 2.47. The van der Waals surface area contributed by atoms with Crippen molar-refractivity contribution >= 4 is 5.78 Å². The second-order valence-corrected chi connectivity index (χ2v) is 5.38. The molecule has 0 N–H and O–H groups in total. The van der Waals surface area contributed by atoms with Crippen LogP contribution < -0.4 is 0 Å². The number of rotatable bonds is 2. The summed E-state index contributed by atoms with van der Waals surface area (Å²) in [6.07, 6.45) is 3.19. The zero-order valence-electron chi connectivity index (χ0n) is 10.4. The number of aryl methyl sites for hydroxylation is 1. The Morgan fingerprint density at radius 2 is 2.24 bits per heavy atom. The van der Waals surface area contributed by atoms with E-state index in [-0.39, 0.29) is 5.78 Å². The summed E-state index contributed by atoms with van der Waals surface area (Å²) in [5.74, 6) is 0.730. The van der Waals surface area contributed by atoms with E-state index in [0.29, 0.717) is 18.7 Å². The Bertz CT molecular complexity index is 497. The van der Waals surface area contributed by atoms with Gasteiger partial charge in [-0.05, 0) is 12.8 Å². The molecule has 0 spiro atoms. The van der Waals surface area contributed by atoms with Crippen molar-refractivity contribution in [3.05, 3.63) is 12.2 Å². The van der Waals surface area contributed by atoms with Crippen molar-refractivity contribution in [2.75, 3.05) is 0 Å².